The van der Waals surface area contributed by atoms with Crippen molar-refractivity contribution in [2.24, 2.45) is 5.92 Å². The Bertz CT molecular complexity index is 1130. The molecule has 35 heavy (non-hydrogen) atoms. The Labute approximate surface area is 212 Å². The first-order valence-corrected chi connectivity index (χ1v) is 12.2. The number of methoxy groups -OCH3 is 1. The monoisotopic (exact) mass is 496 g/mol. The zero-order valence-corrected chi connectivity index (χ0v) is 21.3. The van der Waals surface area contributed by atoms with E-state index in [1.54, 1.807) is 24.1 Å². The van der Waals surface area contributed by atoms with Gasteiger partial charge in [-0.25, -0.2) is 4.68 Å². The van der Waals surface area contributed by atoms with Gasteiger partial charge in [-0.15, -0.1) is 5.10 Å². The van der Waals surface area contributed by atoms with Crippen LogP contribution in [-0.4, -0.2) is 28.0 Å². The molecule has 0 unspecified atom stereocenters. The van der Waals surface area contributed by atoms with Crippen molar-refractivity contribution in [3.05, 3.63) is 77.1 Å². The number of carbonyl (C=O) groups is 1. The summed E-state index contributed by atoms with van der Waals surface area (Å²) in [6.07, 6.45) is 9.63. The number of nitrogens with one attached hydrogen (secondary N) is 1. The zero-order chi connectivity index (χ0) is 25.0. The molecule has 2 aromatic carbocycles. The van der Waals surface area contributed by atoms with Crippen LogP contribution in [0.2, 0.25) is 5.02 Å². The minimum absolute atomic E-state index is 0.0555. The van der Waals surface area contributed by atoms with Crippen LogP contribution in [0.1, 0.15) is 50.8 Å². The smallest absolute Gasteiger partial charge is 0.220 e. The molecule has 0 aliphatic rings. The number of ether oxygens (including phenoxy) is 2. The Balaban J connectivity index is 1.46. The topological polar surface area (TPSA) is 78.3 Å². The van der Waals surface area contributed by atoms with Crippen LogP contribution in [0.5, 0.6) is 11.5 Å². The molecule has 1 heterocycles. The summed E-state index contributed by atoms with van der Waals surface area (Å²) in [5.74, 6) is 1.81. The molecule has 1 aromatic heterocycles. The van der Waals surface area contributed by atoms with Gasteiger partial charge < -0.3 is 14.8 Å². The molecular formula is C27H33ClN4O3. The summed E-state index contributed by atoms with van der Waals surface area (Å²) in [5.41, 5.74) is 2.43. The third kappa shape index (κ3) is 8.76. The van der Waals surface area contributed by atoms with Crippen LogP contribution >= 0.6 is 11.6 Å². The van der Waals surface area contributed by atoms with Crippen molar-refractivity contribution in [2.75, 3.05) is 7.11 Å². The zero-order valence-electron chi connectivity index (χ0n) is 20.5. The molecule has 0 saturated carbocycles. The van der Waals surface area contributed by atoms with E-state index < -0.39 is 0 Å². The fraction of sp³-hybridized carbons (Fsp3) is 0.370. The third-order valence-corrected chi connectivity index (χ3v) is 5.49. The molecule has 0 bridgehead atoms. The summed E-state index contributed by atoms with van der Waals surface area (Å²) in [4.78, 5) is 12.2. The summed E-state index contributed by atoms with van der Waals surface area (Å²) < 4.78 is 13.0. The minimum atomic E-state index is 0.0555. The van der Waals surface area contributed by atoms with Crippen LogP contribution in [0.25, 0.3) is 5.69 Å². The van der Waals surface area contributed by atoms with Crippen molar-refractivity contribution < 1.29 is 14.3 Å². The first-order chi connectivity index (χ1) is 16.9. The van der Waals surface area contributed by atoms with Crippen LogP contribution in [0.4, 0.5) is 0 Å². The molecular weight excluding hydrogens is 464 g/mol. The molecule has 7 nitrogen and oxygen atoms in total. The summed E-state index contributed by atoms with van der Waals surface area (Å²) in [6, 6.07) is 13.0. The number of unbranched alkanes of at least 4 members (excludes halogenated alkanes) is 2. The first kappa shape index (κ1) is 26.3. The van der Waals surface area contributed by atoms with E-state index in [2.05, 4.69) is 41.6 Å². The maximum absolute atomic E-state index is 12.2. The molecule has 0 aliphatic heterocycles. The molecule has 3 aromatic rings. The Morgan fingerprint density at radius 3 is 2.80 bits per heavy atom. The second-order valence-corrected chi connectivity index (χ2v) is 9.04. The number of halogens is 1. The number of amides is 1. The van der Waals surface area contributed by atoms with Gasteiger partial charge in [0.25, 0.3) is 0 Å². The lowest BCUT2D eigenvalue weighted by molar-refractivity contribution is -0.121. The Morgan fingerprint density at radius 2 is 2.03 bits per heavy atom. The molecule has 0 fully saturated rings. The van der Waals surface area contributed by atoms with Gasteiger partial charge >= 0.3 is 0 Å². The van der Waals surface area contributed by atoms with E-state index in [1.165, 1.54) is 0 Å². The summed E-state index contributed by atoms with van der Waals surface area (Å²) in [6.45, 7) is 5.00. The molecule has 0 radical (unpaired) electrons. The van der Waals surface area contributed by atoms with Crippen LogP contribution in [0.3, 0.4) is 0 Å². The van der Waals surface area contributed by atoms with Gasteiger partial charge in [-0.3, -0.25) is 4.79 Å². The van der Waals surface area contributed by atoms with E-state index in [-0.39, 0.29) is 12.5 Å². The Morgan fingerprint density at radius 1 is 1.17 bits per heavy atom. The van der Waals surface area contributed by atoms with Crippen LogP contribution in [-0.2, 0) is 17.9 Å². The van der Waals surface area contributed by atoms with Gasteiger partial charge in [0.2, 0.25) is 5.91 Å². The van der Waals surface area contributed by atoms with E-state index in [9.17, 15) is 4.79 Å². The molecule has 0 atom stereocenters. The van der Waals surface area contributed by atoms with E-state index in [0.29, 0.717) is 41.1 Å². The van der Waals surface area contributed by atoms with Crippen LogP contribution in [0, 0.1) is 5.92 Å². The van der Waals surface area contributed by atoms with Crippen molar-refractivity contribution in [2.45, 2.75) is 52.7 Å². The Hall–Kier alpha value is -3.32. The molecule has 1 N–H and O–H groups in total. The molecule has 8 heteroatoms. The highest BCUT2D eigenvalue weighted by atomic mass is 35.5. The number of allylic oxidation sites excluding steroid dienone is 2. The highest BCUT2D eigenvalue weighted by Gasteiger charge is 2.10. The largest absolute Gasteiger partial charge is 0.493 e. The van der Waals surface area contributed by atoms with Gasteiger partial charge in [-0.2, -0.15) is 0 Å². The van der Waals surface area contributed by atoms with Gasteiger partial charge in [0.15, 0.2) is 11.5 Å². The first-order valence-electron chi connectivity index (χ1n) is 11.8. The molecule has 186 valence electrons. The predicted octanol–water partition coefficient (Wildman–Crippen LogP) is 5.90. The number of aromatic nitrogens is 3. The third-order valence-electron chi connectivity index (χ3n) is 5.25. The fourth-order valence-electron chi connectivity index (χ4n) is 3.41. The second-order valence-electron chi connectivity index (χ2n) is 8.60. The highest BCUT2D eigenvalue weighted by molar-refractivity contribution is 6.30. The number of carbonyl (C=O) groups excluding carboxylic acids is 1. The van der Waals surface area contributed by atoms with Gasteiger partial charge in [0.1, 0.15) is 12.3 Å². The van der Waals surface area contributed by atoms with Gasteiger partial charge in [0, 0.05) is 18.0 Å². The lowest BCUT2D eigenvalue weighted by Gasteiger charge is -2.12. The number of hydrogen-bond donors (Lipinski definition) is 1. The maximum Gasteiger partial charge on any atom is 0.220 e. The SMILES string of the molecule is COc1cc(CNC(=O)CCCC/C=C/C(C)C)ccc1OCc1cn(-c2cccc(Cl)c2)nn1. The maximum atomic E-state index is 12.2. The average Bonchev–Trinajstić information content (AvgIpc) is 3.32. The normalized spacial score (nSPS) is 11.2. The standard InChI is InChI=1S/C27H33ClN4O3/c1-20(2)9-6-4-5-7-12-27(33)29-17-21-13-14-25(26(15-21)34-3)35-19-23-18-32(31-30-23)24-11-8-10-22(28)16-24/h6,8-11,13-16,18,20H,4-5,7,12,17,19H2,1-3H3,(H,29,33)/b9-6+. The van der Waals surface area contributed by atoms with Gasteiger partial charge in [-0.1, -0.05) is 54.9 Å². The van der Waals surface area contributed by atoms with E-state index in [1.807, 2.05) is 36.4 Å². The van der Waals surface area contributed by atoms with Crippen molar-refractivity contribution in [3.8, 4) is 17.2 Å². The summed E-state index contributed by atoms with van der Waals surface area (Å²) in [7, 11) is 1.59. The van der Waals surface area contributed by atoms with E-state index in [4.69, 9.17) is 21.1 Å². The quantitative estimate of drug-likeness (QED) is 0.235. The van der Waals surface area contributed by atoms with Gasteiger partial charge in [0.05, 0.1) is 19.0 Å². The minimum Gasteiger partial charge on any atom is -0.493 e. The Kier molecular flexibility index (Phi) is 10.2. The van der Waals surface area contributed by atoms with Crippen molar-refractivity contribution in [1.29, 1.82) is 0 Å². The number of hydrogen-bond acceptors (Lipinski definition) is 5. The average molecular weight is 497 g/mol. The number of benzene rings is 2. The molecule has 0 spiro atoms. The molecule has 0 saturated heterocycles. The van der Waals surface area contributed by atoms with E-state index >= 15 is 0 Å². The second kappa shape index (κ2) is 13.5. The van der Waals surface area contributed by atoms with Crippen molar-refractivity contribution in [1.82, 2.24) is 20.3 Å². The highest BCUT2D eigenvalue weighted by Crippen LogP contribution is 2.29. The number of nitrogens with zero attached hydrogens (tertiary/aromatic N) is 3. The fourth-order valence-corrected chi connectivity index (χ4v) is 3.59. The van der Waals surface area contributed by atoms with Crippen molar-refractivity contribution in [3.63, 3.8) is 0 Å². The lowest BCUT2D eigenvalue weighted by atomic mass is 10.1. The van der Waals surface area contributed by atoms with Crippen molar-refractivity contribution >= 4 is 17.5 Å². The lowest BCUT2D eigenvalue weighted by Crippen LogP contribution is -2.22. The molecule has 1 amide bonds. The predicted molar refractivity (Wildman–Crippen MR) is 138 cm³/mol. The molecule has 3 rings (SSSR count). The summed E-state index contributed by atoms with van der Waals surface area (Å²) >= 11 is 6.05. The van der Waals surface area contributed by atoms with Crippen LogP contribution < -0.4 is 14.8 Å². The molecule has 0 aliphatic carbocycles. The van der Waals surface area contributed by atoms with Crippen LogP contribution in [0.15, 0.2) is 60.8 Å². The van der Waals surface area contributed by atoms with E-state index in [0.717, 1.165) is 30.5 Å². The van der Waals surface area contributed by atoms with Gasteiger partial charge in [-0.05, 0) is 61.1 Å². The number of rotatable bonds is 13. The summed E-state index contributed by atoms with van der Waals surface area (Å²) in [5, 5.41) is 11.9.